The average Bonchev–Trinajstić information content (AvgIpc) is 3.07. The van der Waals surface area contributed by atoms with Gasteiger partial charge in [0.05, 0.1) is 10.9 Å². The molecule has 1 aliphatic heterocycles. The molecular formula is C15H20N4OS. The van der Waals surface area contributed by atoms with Gasteiger partial charge in [-0.25, -0.2) is 4.98 Å². The Bertz CT molecular complexity index is 648. The summed E-state index contributed by atoms with van der Waals surface area (Å²) in [6, 6.07) is 4.09. The van der Waals surface area contributed by atoms with E-state index >= 15 is 0 Å². The number of likely N-dealkylation sites (N-methyl/N-ethyl adjacent to an activating group) is 1. The van der Waals surface area contributed by atoms with E-state index in [1.165, 1.54) is 4.88 Å². The second kappa shape index (κ2) is 5.61. The molecule has 21 heavy (non-hydrogen) atoms. The highest BCUT2D eigenvalue weighted by molar-refractivity contribution is 7.13. The minimum Gasteiger partial charge on any atom is -0.337 e. The summed E-state index contributed by atoms with van der Waals surface area (Å²) < 4.78 is 2.03. The highest BCUT2D eigenvalue weighted by atomic mass is 32.1. The van der Waals surface area contributed by atoms with Gasteiger partial charge in [0.25, 0.3) is 5.91 Å². The molecular weight excluding hydrogens is 284 g/mol. The molecule has 2 aromatic heterocycles. The summed E-state index contributed by atoms with van der Waals surface area (Å²) in [5.41, 5.74) is 0. The Hall–Kier alpha value is -1.66. The van der Waals surface area contributed by atoms with Crippen LogP contribution in [-0.4, -0.2) is 51.9 Å². The predicted octanol–water partition coefficient (Wildman–Crippen LogP) is 1.92. The Kier molecular flexibility index (Phi) is 3.82. The largest absolute Gasteiger partial charge is 0.337 e. The molecule has 1 unspecified atom stereocenters. The van der Waals surface area contributed by atoms with E-state index in [1.54, 1.807) is 11.3 Å². The number of imidazole rings is 1. The van der Waals surface area contributed by atoms with Crippen LogP contribution in [0.5, 0.6) is 0 Å². The molecule has 0 radical (unpaired) electrons. The highest BCUT2D eigenvalue weighted by Crippen LogP contribution is 2.25. The van der Waals surface area contributed by atoms with E-state index in [2.05, 4.69) is 16.9 Å². The van der Waals surface area contributed by atoms with Crippen LogP contribution in [0.15, 0.2) is 24.5 Å². The molecule has 1 amide bonds. The summed E-state index contributed by atoms with van der Waals surface area (Å²) in [5, 5.41) is 0. The molecule has 6 heteroatoms. The van der Waals surface area contributed by atoms with Crippen molar-refractivity contribution in [1.29, 1.82) is 0 Å². The van der Waals surface area contributed by atoms with Gasteiger partial charge in [0.2, 0.25) is 0 Å². The Balaban J connectivity index is 1.80. The van der Waals surface area contributed by atoms with Gasteiger partial charge in [-0.1, -0.05) is 0 Å². The number of carbonyl (C=O) groups excluding carboxylic acids is 1. The lowest BCUT2D eigenvalue weighted by atomic mass is 10.1. The predicted molar refractivity (Wildman–Crippen MR) is 83.5 cm³/mol. The molecule has 1 fully saturated rings. The van der Waals surface area contributed by atoms with Crippen molar-refractivity contribution >= 4 is 17.2 Å². The van der Waals surface area contributed by atoms with Crippen molar-refractivity contribution in [3.8, 4) is 0 Å². The number of amides is 1. The van der Waals surface area contributed by atoms with E-state index in [-0.39, 0.29) is 11.9 Å². The lowest BCUT2D eigenvalue weighted by Crippen LogP contribution is -2.49. The summed E-state index contributed by atoms with van der Waals surface area (Å²) >= 11 is 1.57. The van der Waals surface area contributed by atoms with Crippen molar-refractivity contribution < 1.29 is 4.79 Å². The lowest BCUT2D eigenvalue weighted by molar-refractivity contribution is 0.0533. The molecule has 2 aromatic rings. The zero-order chi connectivity index (χ0) is 15.0. The first-order valence-electron chi connectivity index (χ1n) is 7.09. The SMILES string of the molecule is Cc1ccc(C(=O)N2CCN(C)C(c3nccn3C)C2)s1. The van der Waals surface area contributed by atoms with Gasteiger partial charge < -0.3 is 9.47 Å². The van der Waals surface area contributed by atoms with Gasteiger partial charge in [-0.3, -0.25) is 9.69 Å². The topological polar surface area (TPSA) is 41.4 Å². The zero-order valence-corrected chi connectivity index (χ0v) is 13.4. The molecule has 0 aromatic carbocycles. The van der Waals surface area contributed by atoms with Gasteiger partial charge in [-0.05, 0) is 26.1 Å². The summed E-state index contributed by atoms with van der Waals surface area (Å²) in [5.74, 6) is 1.15. The van der Waals surface area contributed by atoms with Gasteiger partial charge >= 0.3 is 0 Å². The van der Waals surface area contributed by atoms with Crippen molar-refractivity contribution in [3.05, 3.63) is 40.1 Å². The monoisotopic (exact) mass is 304 g/mol. The molecule has 3 rings (SSSR count). The number of piperazine rings is 1. The summed E-state index contributed by atoms with van der Waals surface area (Å²) in [6.45, 7) is 4.36. The van der Waals surface area contributed by atoms with E-state index in [1.807, 2.05) is 48.0 Å². The number of hydrogen-bond donors (Lipinski definition) is 0. The van der Waals surface area contributed by atoms with Crippen molar-refractivity contribution in [2.75, 3.05) is 26.7 Å². The first kappa shape index (κ1) is 14.3. The van der Waals surface area contributed by atoms with Gasteiger partial charge in [0.1, 0.15) is 5.82 Å². The van der Waals surface area contributed by atoms with E-state index in [9.17, 15) is 4.79 Å². The molecule has 3 heterocycles. The maximum Gasteiger partial charge on any atom is 0.264 e. The second-order valence-corrected chi connectivity index (χ2v) is 6.84. The molecule has 0 N–H and O–H groups in total. The fraction of sp³-hybridized carbons (Fsp3) is 0.467. The summed E-state index contributed by atoms with van der Waals surface area (Å²) in [4.78, 5) is 23.3. The van der Waals surface area contributed by atoms with Crippen LogP contribution in [0.25, 0.3) is 0 Å². The summed E-state index contributed by atoms with van der Waals surface area (Å²) in [6.07, 6.45) is 3.76. The Morgan fingerprint density at radius 2 is 2.14 bits per heavy atom. The third-order valence-electron chi connectivity index (χ3n) is 4.04. The average molecular weight is 304 g/mol. The second-order valence-electron chi connectivity index (χ2n) is 5.55. The molecule has 0 bridgehead atoms. The maximum absolute atomic E-state index is 12.6. The van der Waals surface area contributed by atoms with E-state index in [4.69, 9.17) is 0 Å². The number of aromatic nitrogens is 2. The fourth-order valence-corrected chi connectivity index (χ4v) is 3.58. The normalized spacial score (nSPS) is 20.0. The molecule has 112 valence electrons. The number of carbonyl (C=O) groups is 1. The van der Waals surface area contributed by atoms with Crippen LogP contribution in [-0.2, 0) is 7.05 Å². The molecule has 1 saturated heterocycles. The molecule has 1 atom stereocenters. The number of rotatable bonds is 2. The third-order valence-corrected chi connectivity index (χ3v) is 5.03. The van der Waals surface area contributed by atoms with Crippen molar-refractivity contribution in [2.45, 2.75) is 13.0 Å². The van der Waals surface area contributed by atoms with Crippen LogP contribution in [0.3, 0.4) is 0 Å². The highest BCUT2D eigenvalue weighted by Gasteiger charge is 2.31. The molecule has 5 nitrogen and oxygen atoms in total. The number of thiophene rings is 1. The molecule has 0 aliphatic carbocycles. The van der Waals surface area contributed by atoms with Crippen LogP contribution in [0, 0.1) is 6.92 Å². The smallest absolute Gasteiger partial charge is 0.264 e. The quantitative estimate of drug-likeness (QED) is 0.851. The number of aryl methyl sites for hydroxylation is 2. The first-order valence-corrected chi connectivity index (χ1v) is 7.91. The molecule has 0 spiro atoms. The van der Waals surface area contributed by atoms with E-state index in [0.717, 1.165) is 23.8 Å². The maximum atomic E-state index is 12.6. The lowest BCUT2D eigenvalue weighted by Gasteiger charge is -2.38. The minimum absolute atomic E-state index is 0.139. The standard InChI is InChI=1S/C15H20N4OS/c1-11-4-5-13(21-11)15(20)19-9-8-17(2)12(10-19)14-16-6-7-18(14)3/h4-7,12H,8-10H2,1-3H3. The number of hydrogen-bond acceptors (Lipinski definition) is 4. The van der Waals surface area contributed by atoms with E-state index < -0.39 is 0 Å². The minimum atomic E-state index is 0.139. The van der Waals surface area contributed by atoms with Crippen LogP contribution >= 0.6 is 11.3 Å². The van der Waals surface area contributed by atoms with Gasteiger partial charge in [0.15, 0.2) is 0 Å². The summed E-state index contributed by atoms with van der Waals surface area (Å²) in [7, 11) is 4.09. The van der Waals surface area contributed by atoms with Gasteiger partial charge in [0, 0.05) is 44.0 Å². The molecule has 1 aliphatic rings. The van der Waals surface area contributed by atoms with Crippen molar-refractivity contribution in [3.63, 3.8) is 0 Å². The van der Waals surface area contributed by atoms with Crippen LogP contribution in [0.1, 0.15) is 26.4 Å². The number of nitrogens with zero attached hydrogens (tertiary/aromatic N) is 4. The Morgan fingerprint density at radius 3 is 2.76 bits per heavy atom. The molecule has 0 saturated carbocycles. The van der Waals surface area contributed by atoms with Crippen LogP contribution in [0.2, 0.25) is 0 Å². The Morgan fingerprint density at radius 1 is 1.33 bits per heavy atom. The fourth-order valence-electron chi connectivity index (χ4n) is 2.74. The van der Waals surface area contributed by atoms with Crippen molar-refractivity contribution in [2.24, 2.45) is 7.05 Å². The third kappa shape index (κ3) is 2.73. The van der Waals surface area contributed by atoms with E-state index in [0.29, 0.717) is 6.54 Å². The zero-order valence-electron chi connectivity index (χ0n) is 12.6. The van der Waals surface area contributed by atoms with Crippen LogP contribution in [0.4, 0.5) is 0 Å². The van der Waals surface area contributed by atoms with Gasteiger partial charge in [-0.2, -0.15) is 0 Å². The van der Waals surface area contributed by atoms with Gasteiger partial charge in [-0.15, -0.1) is 11.3 Å². The Labute approximate surface area is 128 Å². The first-order chi connectivity index (χ1) is 10.1. The van der Waals surface area contributed by atoms with Crippen molar-refractivity contribution in [1.82, 2.24) is 19.4 Å². The van der Waals surface area contributed by atoms with Crippen LogP contribution < -0.4 is 0 Å².